The second-order valence-electron chi connectivity index (χ2n) is 7.41. The van der Waals surface area contributed by atoms with E-state index in [-0.39, 0.29) is 16.6 Å². The van der Waals surface area contributed by atoms with Gasteiger partial charge in [0.05, 0.1) is 5.56 Å². The van der Waals surface area contributed by atoms with Gasteiger partial charge >= 0.3 is 5.97 Å². The Labute approximate surface area is 183 Å². The largest absolute Gasteiger partial charge is 0.508 e. The molecule has 5 rings (SSSR count). The van der Waals surface area contributed by atoms with Gasteiger partial charge < -0.3 is 30.7 Å². The summed E-state index contributed by atoms with van der Waals surface area (Å²) in [4.78, 5) is 13.2. The third kappa shape index (κ3) is 2.87. The number of fused-ring (bicyclic) bond motifs is 6. The van der Waals surface area contributed by atoms with Crippen LogP contribution in [-0.4, -0.2) is 27.8 Å². The molecule has 0 atom stereocenters. The van der Waals surface area contributed by atoms with E-state index in [9.17, 15) is 15.0 Å². The van der Waals surface area contributed by atoms with Gasteiger partial charge in [0.2, 0.25) is 0 Å². The van der Waals surface area contributed by atoms with Crippen molar-refractivity contribution < 1.29 is 24.5 Å². The van der Waals surface area contributed by atoms with E-state index in [1.54, 1.807) is 12.1 Å². The number of rotatable bonds is 3. The van der Waals surface area contributed by atoms with Crippen molar-refractivity contribution in [3.8, 4) is 23.0 Å². The van der Waals surface area contributed by atoms with Crippen molar-refractivity contribution in [2.24, 2.45) is 5.73 Å². The molecule has 0 aromatic heterocycles. The first-order valence-corrected chi connectivity index (χ1v) is 10.0. The highest BCUT2D eigenvalue weighted by atomic mass is 32.1. The van der Waals surface area contributed by atoms with Gasteiger partial charge in [-0.2, -0.15) is 0 Å². The lowest BCUT2D eigenvalue weighted by molar-refractivity contribution is 0.0224. The first-order chi connectivity index (χ1) is 14.9. The number of nitrogens with two attached hydrogens (primary N) is 1. The predicted octanol–water partition coefficient (Wildman–Crippen LogP) is 3.04. The third-order valence-electron chi connectivity index (χ3n) is 5.58. The van der Waals surface area contributed by atoms with Gasteiger partial charge in [0.25, 0.3) is 0 Å². The van der Waals surface area contributed by atoms with Crippen molar-refractivity contribution in [3.05, 3.63) is 82.4 Å². The number of ether oxygens (including phenoxy) is 2. The summed E-state index contributed by atoms with van der Waals surface area (Å²) in [5.74, 6) is 0.263. The minimum atomic E-state index is -1.26. The number of benzene rings is 3. The van der Waals surface area contributed by atoms with E-state index in [1.165, 1.54) is 24.3 Å². The minimum Gasteiger partial charge on any atom is -0.508 e. The second-order valence-corrected chi connectivity index (χ2v) is 7.85. The van der Waals surface area contributed by atoms with E-state index in [4.69, 9.17) is 27.4 Å². The molecule has 2 heterocycles. The fourth-order valence-electron chi connectivity index (χ4n) is 4.34. The molecule has 2 aliphatic heterocycles. The van der Waals surface area contributed by atoms with Crippen LogP contribution in [0.1, 0.15) is 32.6 Å². The zero-order valence-corrected chi connectivity index (χ0v) is 17.0. The summed E-state index contributed by atoms with van der Waals surface area (Å²) < 4.78 is 12.1. The Bertz CT molecular complexity index is 1210. The number of nitrogens with one attached hydrogen (secondary N) is 1. The summed E-state index contributed by atoms with van der Waals surface area (Å²) in [7, 11) is 0. The first kappa shape index (κ1) is 19.2. The molecule has 0 fully saturated rings. The second kappa shape index (κ2) is 6.88. The van der Waals surface area contributed by atoms with Gasteiger partial charge in [0, 0.05) is 35.4 Å². The Balaban J connectivity index is 1.74. The van der Waals surface area contributed by atoms with Gasteiger partial charge in [0.1, 0.15) is 23.0 Å². The minimum absolute atomic E-state index is 0.0135. The molecule has 5 N–H and O–H groups in total. The molecule has 156 valence electrons. The van der Waals surface area contributed by atoms with Crippen molar-refractivity contribution in [2.75, 3.05) is 6.54 Å². The number of carbonyl (C=O) groups excluding carboxylic acids is 1. The average Bonchev–Trinajstić information content (AvgIpc) is 3.01. The zero-order valence-electron chi connectivity index (χ0n) is 16.2. The fraction of sp³-hybridized carbons (Fsp3) is 0.130. The maximum absolute atomic E-state index is 13.2. The number of carbonyl (C=O) groups is 1. The fourth-order valence-corrected chi connectivity index (χ4v) is 4.45. The average molecular weight is 434 g/mol. The van der Waals surface area contributed by atoms with Gasteiger partial charge in [-0.1, -0.05) is 18.2 Å². The molecular weight excluding hydrogens is 416 g/mol. The van der Waals surface area contributed by atoms with Crippen molar-refractivity contribution in [1.82, 2.24) is 5.32 Å². The Morgan fingerprint density at radius 2 is 1.65 bits per heavy atom. The Morgan fingerprint density at radius 3 is 2.26 bits per heavy atom. The molecule has 1 spiro atoms. The van der Waals surface area contributed by atoms with E-state index >= 15 is 0 Å². The van der Waals surface area contributed by atoms with Crippen LogP contribution in [0, 0.1) is 0 Å². The van der Waals surface area contributed by atoms with E-state index in [1.807, 2.05) is 18.2 Å². The highest BCUT2D eigenvalue weighted by Crippen LogP contribution is 2.57. The first-order valence-electron chi connectivity index (χ1n) is 9.64. The van der Waals surface area contributed by atoms with E-state index in [2.05, 4.69) is 5.32 Å². The summed E-state index contributed by atoms with van der Waals surface area (Å²) in [5.41, 5.74) is 7.39. The topological polar surface area (TPSA) is 114 Å². The van der Waals surface area contributed by atoms with Gasteiger partial charge in [-0.05, 0) is 48.5 Å². The van der Waals surface area contributed by atoms with Crippen LogP contribution >= 0.6 is 12.2 Å². The van der Waals surface area contributed by atoms with Crippen molar-refractivity contribution in [3.63, 3.8) is 0 Å². The van der Waals surface area contributed by atoms with Crippen LogP contribution in [0.3, 0.4) is 0 Å². The molecule has 0 aliphatic carbocycles. The van der Waals surface area contributed by atoms with Gasteiger partial charge in [-0.3, -0.25) is 0 Å². The molecular formula is C23H18N2O5S. The van der Waals surface area contributed by atoms with Crippen LogP contribution in [0.5, 0.6) is 23.0 Å². The van der Waals surface area contributed by atoms with Crippen LogP contribution in [0.4, 0.5) is 0 Å². The number of hydrogen-bond acceptors (Lipinski definition) is 6. The highest BCUT2D eigenvalue weighted by Gasteiger charge is 2.54. The maximum atomic E-state index is 13.2. The van der Waals surface area contributed by atoms with Crippen molar-refractivity contribution in [2.45, 2.75) is 12.0 Å². The number of phenols is 2. The Hall–Kier alpha value is -3.78. The highest BCUT2D eigenvalue weighted by molar-refractivity contribution is 7.80. The standard InChI is InChI=1S/C23H18N2O5S/c24-22(31)25-9-8-12-2-1-3-17-20(12)21(28)30-23(17)15-6-4-13(26)10-18(15)29-19-11-14(27)5-7-16(19)23/h1-7,10-11,26-27H,8-9H2,(H3,24,25,31). The van der Waals surface area contributed by atoms with Crippen LogP contribution in [0.15, 0.2) is 54.6 Å². The summed E-state index contributed by atoms with van der Waals surface area (Å²) in [5, 5.41) is 23.1. The summed E-state index contributed by atoms with van der Waals surface area (Å²) in [6.07, 6.45) is 0.521. The van der Waals surface area contributed by atoms with Gasteiger partial charge in [-0.15, -0.1) is 0 Å². The van der Waals surface area contributed by atoms with Crippen LogP contribution < -0.4 is 15.8 Å². The normalized spacial score (nSPS) is 14.8. The lowest BCUT2D eigenvalue weighted by Crippen LogP contribution is -2.33. The summed E-state index contributed by atoms with van der Waals surface area (Å²) >= 11 is 4.86. The molecule has 0 radical (unpaired) electrons. The molecule has 31 heavy (non-hydrogen) atoms. The van der Waals surface area contributed by atoms with Crippen LogP contribution in [0.2, 0.25) is 0 Å². The third-order valence-corrected chi connectivity index (χ3v) is 5.73. The molecule has 3 aromatic rings. The number of esters is 1. The number of hydrogen-bond donors (Lipinski definition) is 4. The predicted molar refractivity (Wildman–Crippen MR) is 117 cm³/mol. The quantitative estimate of drug-likeness (QED) is 0.367. The molecule has 0 amide bonds. The Morgan fingerprint density at radius 1 is 1.00 bits per heavy atom. The SMILES string of the molecule is NC(=S)NCCc1cccc2c1C(=O)OC21c2ccc(O)cc2Oc2cc(O)ccc21. The van der Waals surface area contributed by atoms with Crippen molar-refractivity contribution in [1.29, 1.82) is 0 Å². The molecule has 0 saturated heterocycles. The number of aromatic hydroxyl groups is 2. The zero-order chi connectivity index (χ0) is 21.8. The summed E-state index contributed by atoms with van der Waals surface area (Å²) in [6, 6.07) is 14.9. The van der Waals surface area contributed by atoms with Gasteiger partial charge in [-0.25, -0.2) is 4.79 Å². The lowest BCUT2D eigenvalue weighted by Gasteiger charge is -2.36. The molecule has 3 aromatic carbocycles. The van der Waals surface area contributed by atoms with E-state index < -0.39 is 11.6 Å². The Kier molecular flexibility index (Phi) is 4.26. The smallest absolute Gasteiger partial charge is 0.340 e. The van der Waals surface area contributed by atoms with Gasteiger partial charge in [0.15, 0.2) is 10.7 Å². The molecule has 7 nitrogen and oxygen atoms in total. The molecule has 0 saturated carbocycles. The van der Waals surface area contributed by atoms with E-state index in [0.29, 0.717) is 46.7 Å². The molecule has 8 heteroatoms. The molecule has 2 aliphatic rings. The molecule has 0 bridgehead atoms. The van der Waals surface area contributed by atoms with E-state index in [0.717, 1.165) is 5.56 Å². The monoisotopic (exact) mass is 434 g/mol. The lowest BCUT2D eigenvalue weighted by atomic mass is 9.77. The summed E-state index contributed by atoms with van der Waals surface area (Å²) in [6.45, 7) is 0.476. The molecule has 0 unspecified atom stereocenters. The number of phenolic OH excluding ortho intramolecular Hbond substituents is 2. The number of thiocarbonyl (C=S) groups is 1. The van der Waals surface area contributed by atoms with Crippen LogP contribution in [-0.2, 0) is 16.8 Å². The van der Waals surface area contributed by atoms with Crippen molar-refractivity contribution >= 4 is 23.3 Å². The van der Waals surface area contributed by atoms with Crippen LogP contribution in [0.25, 0.3) is 0 Å². The maximum Gasteiger partial charge on any atom is 0.340 e.